The molecular formula is C22H25F2N5O2. The molecule has 0 aromatic carbocycles. The molecule has 7 nitrogen and oxygen atoms in total. The van der Waals surface area contributed by atoms with E-state index in [4.69, 9.17) is 20.4 Å². The molecule has 2 aromatic rings. The van der Waals surface area contributed by atoms with Crippen LogP contribution < -0.4 is 10.5 Å². The van der Waals surface area contributed by atoms with Crippen molar-refractivity contribution in [3.63, 3.8) is 0 Å². The average molecular weight is 429 g/mol. The van der Waals surface area contributed by atoms with E-state index in [1.807, 2.05) is 6.07 Å². The van der Waals surface area contributed by atoms with Crippen LogP contribution in [0.4, 0.5) is 14.6 Å². The van der Waals surface area contributed by atoms with E-state index in [0.717, 1.165) is 57.1 Å². The molecule has 2 aromatic heterocycles. The maximum Gasteiger partial charge on any atom is 0.387 e. The van der Waals surface area contributed by atoms with E-state index in [-0.39, 0.29) is 11.6 Å². The van der Waals surface area contributed by atoms with Gasteiger partial charge >= 0.3 is 6.61 Å². The van der Waals surface area contributed by atoms with E-state index < -0.39 is 6.61 Å². The van der Waals surface area contributed by atoms with Crippen LogP contribution in [0.15, 0.2) is 18.3 Å². The summed E-state index contributed by atoms with van der Waals surface area (Å²) in [5, 5.41) is 0. The molecule has 6 rings (SSSR count). The molecule has 0 amide bonds. The van der Waals surface area contributed by atoms with E-state index in [2.05, 4.69) is 14.6 Å². The van der Waals surface area contributed by atoms with Gasteiger partial charge in [0.15, 0.2) is 11.6 Å². The summed E-state index contributed by atoms with van der Waals surface area (Å²) in [6.07, 6.45) is 4.87. The minimum atomic E-state index is -2.96. The van der Waals surface area contributed by atoms with Crippen molar-refractivity contribution in [1.29, 1.82) is 0 Å². The predicted octanol–water partition coefficient (Wildman–Crippen LogP) is 3.03. The summed E-state index contributed by atoms with van der Waals surface area (Å²) in [6.45, 7) is 0.948. The van der Waals surface area contributed by atoms with Crippen molar-refractivity contribution in [2.24, 2.45) is 11.8 Å². The average Bonchev–Trinajstić information content (AvgIpc) is 3.60. The van der Waals surface area contributed by atoms with Gasteiger partial charge in [-0.05, 0) is 43.2 Å². The Bertz CT molecular complexity index is 984. The molecule has 4 fully saturated rings. The molecule has 2 aliphatic heterocycles. The molecule has 0 radical (unpaired) electrons. The van der Waals surface area contributed by atoms with Gasteiger partial charge in [0, 0.05) is 55.0 Å². The number of nitrogens with zero attached hydrogens (tertiary/aromatic N) is 4. The highest BCUT2D eigenvalue weighted by molar-refractivity contribution is 5.64. The number of pyridine rings is 1. The van der Waals surface area contributed by atoms with Gasteiger partial charge in [-0.2, -0.15) is 8.78 Å². The van der Waals surface area contributed by atoms with Crippen LogP contribution in [-0.2, 0) is 4.74 Å². The third-order valence-electron chi connectivity index (χ3n) is 7.09. The van der Waals surface area contributed by atoms with Crippen LogP contribution in [0.5, 0.6) is 5.75 Å². The Morgan fingerprint density at radius 1 is 1.13 bits per heavy atom. The molecule has 9 heteroatoms. The monoisotopic (exact) mass is 429 g/mol. The van der Waals surface area contributed by atoms with Crippen LogP contribution >= 0.6 is 0 Å². The highest BCUT2D eigenvalue weighted by atomic mass is 19.3. The lowest BCUT2D eigenvalue weighted by atomic mass is 10.1. The smallest absolute Gasteiger partial charge is 0.387 e. The molecule has 2 aliphatic carbocycles. The lowest BCUT2D eigenvalue weighted by molar-refractivity contribution is -0.0494. The van der Waals surface area contributed by atoms with E-state index in [1.54, 1.807) is 6.20 Å². The summed E-state index contributed by atoms with van der Waals surface area (Å²) in [4.78, 5) is 16.3. The molecule has 0 bridgehead atoms. The maximum atomic E-state index is 12.7. The van der Waals surface area contributed by atoms with Crippen molar-refractivity contribution in [2.45, 2.75) is 43.8 Å². The zero-order valence-electron chi connectivity index (χ0n) is 17.1. The van der Waals surface area contributed by atoms with Crippen molar-refractivity contribution >= 4 is 5.82 Å². The number of likely N-dealkylation sites (tertiary alicyclic amines) is 1. The molecule has 4 atom stereocenters. The van der Waals surface area contributed by atoms with Crippen LogP contribution in [-0.4, -0.2) is 58.8 Å². The van der Waals surface area contributed by atoms with Crippen molar-refractivity contribution in [3.8, 4) is 17.0 Å². The fourth-order valence-electron chi connectivity index (χ4n) is 5.22. The van der Waals surface area contributed by atoms with Crippen LogP contribution in [0.3, 0.4) is 0 Å². The van der Waals surface area contributed by atoms with Crippen molar-refractivity contribution < 1.29 is 18.3 Å². The van der Waals surface area contributed by atoms with E-state index in [1.165, 1.54) is 6.07 Å². The number of aromatic nitrogens is 3. The number of halogens is 2. The minimum Gasteiger partial charge on any atom is -0.431 e. The van der Waals surface area contributed by atoms with Gasteiger partial charge in [0.25, 0.3) is 0 Å². The number of piperidine rings is 1. The van der Waals surface area contributed by atoms with Crippen LogP contribution in [0.25, 0.3) is 11.3 Å². The molecule has 4 heterocycles. The lowest BCUT2D eigenvalue weighted by Crippen LogP contribution is -2.35. The van der Waals surface area contributed by atoms with Gasteiger partial charge in [-0.3, -0.25) is 4.90 Å². The lowest BCUT2D eigenvalue weighted by Gasteiger charge is -2.25. The second-order valence-electron chi connectivity index (χ2n) is 9.12. The molecule has 0 spiro atoms. The van der Waals surface area contributed by atoms with E-state index >= 15 is 0 Å². The Morgan fingerprint density at radius 3 is 2.61 bits per heavy atom. The zero-order chi connectivity index (χ0) is 21.1. The van der Waals surface area contributed by atoms with Crippen LogP contribution in [0.2, 0.25) is 0 Å². The SMILES string of the molecule is Nc1ncc(-c2cc([C@H]3[C@@H]4CN(C5CCOC5)C[C@@H]43)nc(C3CC3)n2)cc1OC(F)F. The second kappa shape index (κ2) is 7.34. The van der Waals surface area contributed by atoms with Gasteiger partial charge < -0.3 is 15.2 Å². The normalized spacial score (nSPS) is 30.0. The molecule has 31 heavy (non-hydrogen) atoms. The summed E-state index contributed by atoms with van der Waals surface area (Å²) in [6, 6.07) is 4.05. The first-order chi connectivity index (χ1) is 15.1. The van der Waals surface area contributed by atoms with Gasteiger partial charge in [-0.25, -0.2) is 15.0 Å². The number of fused-ring (bicyclic) bond motifs is 1. The Morgan fingerprint density at radius 2 is 1.94 bits per heavy atom. The van der Waals surface area contributed by atoms with Gasteiger partial charge in [0.1, 0.15) is 5.82 Å². The quantitative estimate of drug-likeness (QED) is 0.755. The summed E-state index contributed by atoms with van der Waals surface area (Å²) in [7, 11) is 0. The first kappa shape index (κ1) is 19.3. The zero-order valence-corrected chi connectivity index (χ0v) is 17.1. The highest BCUT2D eigenvalue weighted by Gasteiger charge is 2.58. The van der Waals surface area contributed by atoms with Crippen LogP contribution in [0.1, 0.15) is 42.6 Å². The summed E-state index contributed by atoms with van der Waals surface area (Å²) in [5.41, 5.74) is 8.09. The number of rotatable bonds is 6. The number of alkyl halides is 2. The Kier molecular flexibility index (Phi) is 4.57. The molecule has 2 N–H and O–H groups in total. The van der Waals surface area contributed by atoms with Gasteiger partial charge in [0.2, 0.25) is 0 Å². The number of hydrogen-bond acceptors (Lipinski definition) is 7. The van der Waals surface area contributed by atoms with E-state index in [0.29, 0.717) is 41.0 Å². The first-order valence-corrected chi connectivity index (χ1v) is 11.0. The first-order valence-electron chi connectivity index (χ1n) is 11.0. The maximum absolute atomic E-state index is 12.7. The third-order valence-corrected chi connectivity index (χ3v) is 7.09. The second-order valence-corrected chi connectivity index (χ2v) is 9.12. The summed E-state index contributed by atoms with van der Waals surface area (Å²) < 4.78 is 35.5. The molecular weight excluding hydrogens is 404 g/mol. The van der Waals surface area contributed by atoms with Gasteiger partial charge in [-0.15, -0.1) is 0 Å². The largest absolute Gasteiger partial charge is 0.431 e. The Balaban J connectivity index is 1.27. The number of nitrogens with two attached hydrogens (primary N) is 1. The molecule has 164 valence electrons. The summed E-state index contributed by atoms with van der Waals surface area (Å²) >= 11 is 0. The van der Waals surface area contributed by atoms with Gasteiger partial charge in [-0.1, -0.05) is 0 Å². The van der Waals surface area contributed by atoms with Gasteiger partial charge in [0.05, 0.1) is 12.3 Å². The number of nitrogen functional groups attached to an aromatic ring is 1. The fourth-order valence-corrected chi connectivity index (χ4v) is 5.22. The molecule has 4 aliphatic rings. The Labute approximate surface area is 179 Å². The predicted molar refractivity (Wildman–Crippen MR) is 109 cm³/mol. The Hall–Kier alpha value is -2.39. The minimum absolute atomic E-state index is 0.0616. The number of ether oxygens (including phenoxy) is 2. The number of hydrogen-bond donors (Lipinski definition) is 1. The standard InChI is InChI=1S/C22H25F2N5O2/c23-22(24)31-18-5-12(7-26-20(18)25)16-6-17(28-21(27-16)11-1-2-11)19-14-8-29(9-15(14)19)13-3-4-30-10-13/h5-7,11,13-15,19,22H,1-4,8-10H2,(H2,25,26)/t13?,14-,15+,19+. The molecule has 1 unspecified atom stereocenters. The van der Waals surface area contributed by atoms with Crippen molar-refractivity contribution in [2.75, 3.05) is 32.0 Å². The molecule has 2 saturated heterocycles. The van der Waals surface area contributed by atoms with E-state index in [9.17, 15) is 8.78 Å². The topological polar surface area (TPSA) is 86.4 Å². The van der Waals surface area contributed by atoms with Crippen molar-refractivity contribution in [1.82, 2.24) is 19.9 Å². The van der Waals surface area contributed by atoms with Crippen LogP contribution in [0, 0.1) is 11.8 Å². The van der Waals surface area contributed by atoms with Crippen molar-refractivity contribution in [3.05, 3.63) is 29.8 Å². The molecule has 2 saturated carbocycles. The highest BCUT2D eigenvalue weighted by Crippen LogP contribution is 2.58. The number of anilines is 1. The summed E-state index contributed by atoms with van der Waals surface area (Å²) in [5.74, 6) is 2.74. The fraction of sp³-hybridized carbons (Fsp3) is 0.591. The third kappa shape index (κ3) is 3.63.